The van der Waals surface area contributed by atoms with E-state index in [9.17, 15) is 9.59 Å². The second-order valence-electron chi connectivity index (χ2n) is 6.43. The molecule has 136 valence electrons. The van der Waals surface area contributed by atoms with E-state index in [1.807, 2.05) is 0 Å². The Kier molecular flexibility index (Phi) is 17.4. The molecule has 0 atom stereocenters. The lowest BCUT2D eigenvalue weighted by Gasteiger charge is -2.03. The highest BCUT2D eigenvalue weighted by atomic mass is 32.2. The molecule has 0 saturated heterocycles. The summed E-state index contributed by atoms with van der Waals surface area (Å²) in [4.78, 5) is 21.1. The number of hydrogen-bond donors (Lipinski definition) is 1. The Hall–Kier alpha value is -0.510. The van der Waals surface area contributed by atoms with Crippen LogP contribution in [0.15, 0.2) is 0 Å². The summed E-state index contributed by atoms with van der Waals surface area (Å²) in [6.45, 7) is 1.64. The molecule has 0 amide bonds. The van der Waals surface area contributed by atoms with Crippen molar-refractivity contribution in [3.05, 3.63) is 0 Å². The molecule has 0 saturated carbocycles. The summed E-state index contributed by atoms with van der Waals surface area (Å²) in [5, 5.41) is 8.78. The molecule has 0 heterocycles. The molecule has 1 N–H and O–H groups in total. The number of thioether (sulfide) groups is 1. The molecule has 0 unspecified atom stereocenters. The number of carbonyl (C=O) groups excluding carboxylic acids is 1. The number of unbranched alkanes of at least 4 members (excludes halogenated alkanes) is 13. The van der Waals surface area contributed by atoms with E-state index in [0.717, 1.165) is 18.6 Å². The van der Waals surface area contributed by atoms with Crippen LogP contribution in [0.1, 0.15) is 103 Å². The molecule has 0 radical (unpaired) electrons. The summed E-state index contributed by atoms with van der Waals surface area (Å²) in [7, 11) is 0. The molecular weight excluding hydrogens is 308 g/mol. The topological polar surface area (TPSA) is 54.4 Å². The van der Waals surface area contributed by atoms with E-state index >= 15 is 0 Å². The molecule has 0 aromatic heterocycles. The highest BCUT2D eigenvalue weighted by molar-refractivity contribution is 8.13. The van der Waals surface area contributed by atoms with Gasteiger partial charge >= 0.3 is 5.97 Å². The van der Waals surface area contributed by atoms with Gasteiger partial charge in [-0.05, 0) is 12.8 Å². The third kappa shape index (κ3) is 21.5. The van der Waals surface area contributed by atoms with Crippen molar-refractivity contribution in [2.24, 2.45) is 0 Å². The Labute approximate surface area is 147 Å². The predicted molar refractivity (Wildman–Crippen MR) is 100 cm³/mol. The standard InChI is InChI=1S/C19H36O3S/c1-18(20)23-17-15-13-11-9-7-5-3-2-4-6-8-10-12-14-16-19(21)22/h2-17H2,1H3,(H,21,22). The van der Waals surface area contributed by atoms with Crippen molar-refractivity contribution in [2.75, 3.05) is 5.75 Å². The zero-order chi connectivity index (χ0) is 17.2. The predicted octanol–water partition coefficient (Wildman–Crippen LogP) is 6.20. The minimum absolute atomic E-state index is 0.241. The highest BCUT2D eigenvalue weighted by Crippen LogP contribution is 2.14. The van der Waals surface area contributed by atoms with Crippen molar-refractivity contribution >= 4 is 22.8 Å². The maximum absolute atomic E-state index is 10.8. The molecule has 0 bridgehead atoms. The largest absolute Gasteiger partial charge is 0.481 e. The lowest BCUT2D eigenvalue weighted by Crippen LogP contribution is -1.93. The number of aliphatic carboxylic acids is 1. The Bertz CT molecular complexity index is 264. The zero-order valence-electron chi connectivity index (χ0n) is 15.0. The molecule has 23 heavy (non-hydrogen) atoms. The van der Waals surface area contributed by atoms with E-state index in [2.05, 4.69) is 0 Å². The molecule has 0 aliphatic rings. The van der Waals surface area contributed by atoms with E-state index in [4.69, 9.17) is 5.11 Å². The summed E-state index contributed by atoms with van der Waals surface area (Å²) < 4.78 is 0. The molecular formula is C19H36O3S. The van der Waals surface area contributed by atoms with Gasteiger partial charge in [0, 0.05) is 19.1 Å². The molecule has 0 aromatic carbocycles. The van der Waals surface area contributed by atoms with Gasteiger partial charge in [0.25, 0.3) is 0 Å². The maximum Gasteiger partial charge on any atom is 0.303 e. The van der Waals surface area contributed by atoms with Gasteiger partial charge in [-0.25, -0.2) is 0 Å². The van der Waals surface area contributed by atoms with Crippen LogP contribution in [-0.4, -0.2) is 21.9 Å². The fraction of sp³-hybridized carbons (Fsp3) is 0.895. The van der Waals surface area contributed by atoms with Crippen molar-refractivity contribution in [1.82, 2.24) is 0 Å². The number of carboxylic acids is 1. The average molecular weight is 345 g/mol. The lowest BCUT2D eigenvalue weighted by molar-refractivity contribution is -0.137. The smallest absolute Gasteiger partial charge is 0.303 e. The second kappa shape index (κ2) is 17.8. The quantitative estimate of drug-likeness (QED) is 0.319. The molecule has 0 rings (SSSR count). The maximum atomic E-state index is 10.8. The summed E-state index contributed by atoms with van der Waals surface area (Å²) in [6.07, 6.45) is 17.9. The minimum Gasteiger partial charge on any atom is -0.481 e. The van der Waals surface area contributed by atoms with Crippen LogP contribution in [0.3, 0.4) is 0 Å². The number of carboxylic acid groups (broad SMARTS) is 1. The first-order chi connectivity index (χ1) is 11.1. The van der Waals surface area contributed by atoms with Gasteiger partial charge in [-0.3, -0.25) is 9.59 Å². The van der Waals surface area contributed by atoms with Crippen molar-refractivity contribution in [3.8, 4) is 0 Å². The fourth-order valence-electron chi connectivity index (χ4n) is 2.72. The first kappa shape index (κ1) is 22.5. The molecule has 0 aromatic rings. The van der Waals surface area contributed by atoms with Gasteiger partial charge in [0.05, 0.1) is 0 Å². The van der Waals surface area contributed by atoms with Crippen LogP contribution < -0.4 is 0 Å². The summed E-state index contributed by atoms with van der Waals surface area (Å²) in [6, 6.07) is 0. The molecule has 4 heteroatoms. The molecule has 0 spiro atoms. The molecule has 3 nitrogen and oxygen atoms in total. The SMILES string of the molecule is CC(=O)SCCCCCCCCCCCCCCCCC(=O)O. The van der Waals surface area contributed by atoms with E-state index in [-0.39, 0.29) is 5.12 Å². The third-order valence-electron chi connectivity index (χ3n) is 4.09. The number of carbonyl (C=O) groups is 2. The van der Waals surface area contributed by atoms with Crippen LogP contribution in [-0.2, 0) is 9.59 Å². The molecule has 0 aliphatic carbocycles. The fourth-order valence-corrected chi connectivity index (χ4v) is 3.35. The van der Waals surface area contributed by atoms with Crippen LogP contribution in [0.4, 0.5) is 0 Å². The highest BCUT2D eigenvalue weighted by Gasteiger charge is 1.97. The number of rotatable bonds is 17. The Morgan fingerprint density at radius 2 is 1.00 bits per heavy atom. The van der Waals surface area contributed by atoms with Gasteiger partial charge < -0.3 is 5.11 Å². The van der Waals surface area contributed by atoms with Gasteiger partial charge in [-0.2, -0.15) is 0 Å². The molecule has 0 fully saturated rings. The minimum atomic E-state index is -0.667. The lowest BCUT2D eigenvalue weighted by atomic mass is 10.0. The first-order valence-corrected chi connectivity index (χ1v) is 10.5. The molecule has 0 aliphatic heterocycles. The van der Waals surface area contributed by atoms with E-state index in [1.165, 1.54) is 88.8 Å². The zero-order valence-corrected chi connectivity index (χ0v) is 15.8. The van der Waals surface area contributed by atoms with Crippen LogP contribution >= 0.6 is 11.8 Å². The van der Waals surface area contributed by atoms with Crippen molar-refractivity contribution < 1.29 is 14.7 Å². The van der Waals surface area contributed by atoms with Crippen LogP contribution in [0.25, 0.3) is 0 Å². The summed E-state index contributed by atoms with van der Waals surface area (Å²) >= 11 is 1.45. The van der Waals surface area contributed by atoms with E-state index in [0.29, 0.717) is 6.42 Å². The average Bonchev–Trinajstić information content (AvgIpc) is 2.49. The van der Waals surface area contributed by atoms with Gasteiger partial charge in [0.15, 0.2) is 5.12 Å². The monoisotopic (exact) mass is 344 g/mol. The van der Waals surface area contributed by atoms with Crippen molar-refractivity contribution in [1.29, 1.82) is 0 Å². The van der Waals surface area contributed by atoms with Gasteiger partial charge in [-0.15, -0.1) is 0 Å². The Balaban J connectivity index is 3.00. The van der Waals surface area contributed by atoms with E-state index in [1.54, 1.807) is 6.92 Å². The van der Waals surface area contributed by atoms with Crippen molar-refractivity contribution in [2.45, 2.75) is 103 Å². The second-order valence-corrected chi connectivity index (χ2v) is 7.71. The Morgan fingerprint density at radius 3 is 1.35 bits per heavy atom. The first-order valence-electron chi connectivity index (χ1n) is 9.48. The van der Waals surface area contributed by atoms with Gasteiger partial charge in [-0.1, -0.05) is 88.8 Å². The van der Waals surface area contributed by atoms with Crippen molar-refractivity contribution in [3.63, 3.8) is 0 Å². The Morgan fingerprint density at radius 1 is 0.652 bits per heavy atom. The van der Waals surface area contributed by atoms with Crippen LogP contribution in [0.5, 0.6) is 0 Å². The summed E-state index contributed by atoms with van der Waals surface area (Å²) in [5.74, 6) is 0.325. The van der Waals surface area contributed by atoms with E-state index < -0.39 is 5.97 Å². The van der Waals surface area contributed by atoms with Crippen LogP contribution in [0, 0.1) is 0 Å². The van der Waals surface area contributed by atoms with Gasteiger partial charge in [0.2, 0.25) is 0 Å². The van der Waals surface area contributed by atoms with Crippen LogP contribution in [0.2, 0.25) is 0 Å². The third-order valence-corrected chi connectivity index (χ3v) is 4.99. The number of hydrogen-bond acceptors (Lipinski definition) is 3. The summed E-state index contributed by atoms with van der Waals surface area (Å²) in [5.41, 5.74) is 0. The normalized spacial score (nSPS) is 10.8. The van der Waals surface area contributed by atoms with Gasteiger partial charge in [0.1, 0.15) is 0 Å².